The topological polar surface area (TPSA) is 53.6 Å². The number of nitrogens with zero attached hydrogens (tertiary/aromatic N) is 2. The van der Waals surface area contributed by atoms with Gasteiger partial charge in [0.15, 0.2) is 0 Å². The summed E-state index contributed by atoms with van der Waals surface area (Å²) in [5, 5.41) is 3.50. The smallest absolute Gasteiger partial charge is 0.141 e. The molecule has 3 rings (SSSR count). The second-order valence-corrected chi connectivity index (χ2v) is 4.90. The fourth-order valence-corrected chi connectivity index (χ4v) is 2.44. The van der Waals surface area contributed by atoms with Crippen LogP contribution in [0.25, 0.3) is 11.4 Å². The van der Waals surface area contributed by atoms with Gasteiger partial charge in [0.2, 0.25) is 0 Å². The summed E-state index contributed by atoms with van der Waals surface area (Å²) in [6.45, 7) is 1.04. The molecule has 1 atom stereocenters. The number of imidazole rings is 1. The van der Waals surface area contributed by atoms with Crippen molar-refractivity contribution >= 4 is 0 Å². The summed E-state index contributed by atoms with van der Waals surface area (Å²) in [6.07, 6.45) is 7.81. The molecule has 1 aliphatic rings. The van der Waals surface area contributed by atoms with E-state index in [1.165, 1.54) is 31.5 Å². The molecule has 1 unspecified atom stereocenters. The molecule has 2 aromatic heterocycles. The quantitative estimate of drug-likeness (QED) is 0.873. The lowest BCUT2D eigenvalue weighted by Crippen LogP contribution is -2.21. The predicted octanol–water partition coefficient (Wildman–Crippen LogP) is 2.82. The van der Waals surface area contributed by atoms with Crippen molar-refractivity contribution in [2.45, 2.75) is 31.7 Å². The summed E-state index contributed by atoms with van der Waals surface area (Å²) in [6, 6.07) is 3.36. The van der Waals surface area contributed by atoms with Gasteiger partial charge >= 0.3 is 0 Å². The van der Waals surface area contributed by atoms with Gasteiger partial charge in [-0.3, -0.25) is 4.98 Å². The minimum Gasteiger partial charge on any atom is -0.339 e. The maximum Gasteiger partial charge on any atom is 0.141 e. The van der Waals surface area contributed by atoms with Crippen LogP contribution in [0.5, 0.6) is 0 Å². The van der Waals surface area contributed by atoms with E-state index in [4.69, 9.17) is 0 Å². The van der Waals surface area contributed by atoms with Crippen LogP contribution in [0, 0.1) is 5.82 Å². The lowest BCUT2D eigenvalue weighted by Gasteiger charge is -2.12. The van der Waals surface area contributed by atoms with Gasteiger partial charge in [-0.25, -0.2) is 9.37 Å². The van der Waals surface area contributed by atoms with E-state index >= 15 is 0 Å². The second kappa shape index (κ2) is 5.48. The Kier molecular flexibility index (Phi) is 3.55. The van der Waals surface area contributed by atoms with Crippen LogP contribution in [-0.4, -0.2) is 21.5 Å². The maximum absolute atomic E-state index is 12.8. The van der Waals surface area contributed by atoms with Crippen LogP contribution in [0.4, 0.5) is 4.39 Å². The Hall–Kier alpha value is -1.75. The molecule has 1 fully saturated rings. The Labute approximate surface area is 111 Å². The van der Waals surface area contributed by atoms with Crippen molar-refractivity contribution in [3.63, 3.8) is 0 Å². The number of aromatic amines is 1. The first-order chi connectivity index (χ1) is 9.33. The second-order valence-electron chi connectivity index (χ2n) is 4.90. The van der Waals surface area contributed by atoms with Crippen molar-refractivity contribution in [2.24, 2.45) is 0 Å². The Balaban J connectivity index is 1.80. The van der Waals surface area contributed by atoms with Gasteiger partial charge in [-0.05, 0) is 31.5 Å². The van der Waals surface area contributed by atoms with Crippen molar-refractivity contribution in [2.75, 3.05) is 6.54 Å². The molecule has 100 valence electrons. The zero-order chi connectivity index (χ0) is 13.1. The van der Waals surface area contributed by atoms with E-state index in [1.54, 1.807) is 12.3 Å². The standard InChI is InChI=1S/C14H17FN4/c15-10-5-6-11(17-8-10)13-9-18-14(19-13)12-4-2-1-3-7-16-12/h5-6,8-9,12,16H,1-4,7H2,(H,18,19). The maximum atomic E-state index is 12.8. The molecule has 0 bridgehead atoms. The van der Waals surface area contributed by atoms with Crippen molar-refractivity contribution in [1.82, 2.24) is 20.3 Å². The molecule has 0 saturated carbocycles. The van der Waals surface area contributed by atoms with E-state index in [2.05, 4.69) is 20.3 Å². The summed E-state index contributed by atoms with van der Waals surface area (Å²) in [5.41, 5.74) is 1.55. The van der Waals surface area contributed by atoms with E-state index in [0.717, 1.165) is 24.5 Å². The molecule has 0 amide bonds. The minimum atomic E-state index is -0.325. The summed E-state index contributed by atoms with van der Waals surface area (Å²) in [7, 11) is 0. The molecule has 0 spiro atoms. The fraction of sp³-hybridized carbons (Fsp3) is 0.429. The number of pyridine rings is 1. The normalized spacial score (nSPS) is 20.2. The van der Waals surface area contributed by atoms with E-state index in [0.29, 0.717) is 5.69 Å². The average molecular weight is 260 g/mol. The molecule has 2 aromatic rings. The molecule has 0 aliphatic carbocycles. The van der Waals surface area contributed by atoms with Crippen LogP contribution in [0.3, 0.4) is 0 Å². The molecule has 4 nitrogen and oxygen atoms in total. The van der Waals surface area contributed by atoms with Crippen molar-refractivity contribution < 1.29 is 4.39 Å². The molecule has 0 radical (unpaired) electrons. The highest BCUT2D eigenvalue weighted by Gasteiger charge is 2.17. The van der Waals surface area contributed by atoms with Crippen LogP contribution in [-0.2, 0) is 0 Å². The van der Waals surface area contributed by atoms with Crippen LogP contribution in [0.1, 0.15) is 37.5 Å². The number of rotatable bonds is 2. The Bertz CT molecular complexity index is 527. The Morgan fingerprint density at radius 3 is 2.89 bits per heavy atom. The zero-order valence-corrected chi connectivity index (χ0v) is 10.7. The predicted molar refractivity (Wildman–Crippen MR) is 71.0 cm³/mol. The number of aromatic nitrogens is 3. The Morgan fingerprint density at radius 2 is 2.05 bits per heavy atom. The van der Waals surface area contributed by atoms with Gasteiger partial charge in [0.05, 0.1) is 29.8 Å². The van der Waals surface area contributed by atoms with Gasteiger partial charge in [0, 0.05) is 0 Å². The van der Waals surface area contributed by atoms with Crippen LogP contribution in [0.2, 0.25) is 0 Å². The summed E-state index contributed by atoms with van der Waals surface area (Å²) < 4.78 is 12.8. The Morgan fingerprint density at radius 1 is 1.11 bits per heavy atom. The number of hydrogen-bond donors (Lipinski definition) is 2. The van der Waals surface area contributed by atoms with Gasteiger partial charge in [0.25, 0.3) is 0 Å². The van der Waals surface area contributed by atoms with Gasteiger partial charge in [-0.1, -0.05) is 12.8 Å². The first-order valence-corrected chi connectivity index (χ1v) is 6.73. The molecule has 5 heteroatoms. The van der Waals surface area contributed by atoms with Gasteiger partial charge < -0.3 is 10.3 Å². The molecule has 19 heavy (non-hydrogen) atoms. The average Bonchev–Trinajstić information content (AvgIpc) is 2.76. The fourth-order valence-electron chi connectivity index (χ4n) is 2.44. The van der Waals surface area contributed by atoms with Crippen LogP contribution in [0.15, 0.2) is 24.5 Å². The van der Waals surface area contributed by atoms with Crippen molar-refractivity contribution in [3.8, 4) is 11.4 Å². The highest BCUT2D eigenvalue weighted by molar-refractivity contribution is 5.52. The largest absolute Gasteiger partial charge is 0.339 e. The zero-order valence-electron chi connectivity index (χ0n) is 10.7. The van der Waals surface area contributed by atoms with Crippen LogP contribution < -0.4 is 5.32 Å². The number of hydrogen-bond acceptors (Lipinski definition) is 3. The van der Waals surface area contributed by atoms with Gasteiger partial charge in [-0.15, -0.1) is 0 Å². The monoisotopic (exact) mass is 260 g/mol. The number of H-pyrrole nitrogens is 1. The molecule has 1 saturated heterocycles. The highest BCUT2D eigenvalue weighted by atomic mass is 19.1. The van der Waals surface area contributed by atoms with Crippen molar-refractivity contribution in [3.05, 3.63) is 36.2 Å². The van der Waals surface area contributed by atoms with E-state index < -0.39 is 0 Å². The molecular formula is C14H17FN4. The third-order valence-corrected chi connectivity index (χ3v) is 3.49. The number of nitrogens with one attached hydrogen (secondary N) is 2. The third-order valence-electron chi connectivity index (χ3n) is 3.49. The first-order valence-electron chi connectivity index (χ1n) is 6.73. The van der Waals surface area contributed by atoms with Crippen molar-refractivity contribution in [1.29, 1.82) is 0 Å². The lowest BCUT2D eigenvalue weighted by molar-refractivity contribution is 0.512. The molecule has 0 aromatic carbocycles. The number of halogens is 1. The van der Waals surface area contributed by atoms with E-state index in [-0.39, 0.29) is 11.9 Å². The SMILES string of the molecule is Fc1ccc(-c2cnc(C3CCCCCN3)[nH]2)nc1. The minimum absolute atomic E-state index is 0.289. The van der Waals surface area contributed by atoms with Gasteiger partial charge in [0.1, 0.15) is 11.6 Å². The van der Waals surface area contributed by atoms with Crippen LogP contribution >= 0.6 is 0 Å². The van der Waals surface area contributed by atoms with Gasteiger partial charge in [-0.2, -0.15) is 0 Å². The summed E-state index contributed by atoms with van der Waals surface area (Å²) in [4.78, 5) is 11.8. The third kappa shape index (κ3) is 2.81. The summed E-state index contributed by atoms with van der Waals surface area (Å²) in [5.74, 6) is 0.622. The van der Waals surface area contributed by atoms with E-state index in [1.807, 2.05) is 0 Å². The summed E-state index contributed by atoms with van der Waals surface area (Å²) >= 11 is 0. The lowest BCUT2D eigenvalue weighted by atomic mass is 10.1. The molecule has 3 heterocycles. The highest BCUT2D eigenvalue weighted by Crippen LogP contribution is 2.22. The van der Waals surface area contributed by atoms with E-state index in [9.17, 15) is 4.39 Å². The molecular weight excluding hydrogens is 243 g/mol. The first kappa shape index (κ1) is 12.3. The molecule has 2 N–H and O–H groups in total. The molecule has 1 aliphatic heterocycles.